The molecular weight excluding hydrogens is 436 g/mol. The van der Waals surface area contributed by atoms with Crippen molar-refractivity contribution in [3.63, 3.8) is 0 Å². The van der Waals surface area contributed by atoms with E-state index in [2.05, 4.69) is 5.32 Å². The van der Waals surface area contributed by atoms with E-state index in [1.165, 1.54) is 33.4 Å². The molecule has 1 N–H and O–H groups in total. The molecule has 5 nitrogen and oxygen atoms in total. The zero-order valence-electron chi connectivity index (χ0n) is 17.7. The topological polar surface area (TPSA) is 48.2 Å². The van der Waals surface area contributed by atoms with Gasteiger partial charge in [-0.3, -0.25) is 4.57 Å². The highest BCUT2D eigenvalue weighted by Crippen LogP contribution is 2.40. The number of rotatable bonds is 5. The van der Waals surface area contributed by atoms with Crippen LogP contribution in [0.4, 0.5) is 8.78 Å². The normalized spacial score (nSPS) is 20.6. The van der Waals surface area contributed by atoms with Gasteiger partial charge in [0.15, 0.2) is 11.6 Å². The van der Waals surface area contributed by atoms with Gasteiger partial charge in [-0.25, -0.2) is 13.6 Å². The highest BCUT2D eigenvalue weighted by Gasteiger charge is 2.38. The molecule has 0 radical (unpaired) electrons. The average Bonchev–Trinajstić information content (AvgIpc) is 3.47. The zero-order valence-corrected chi connectivity index (χ0v) is 18.4. The van der Waals surface area contributed by atoms with Crippen molar-refractivity contribution in [2.24, 2.45) is 7.05 Å². The Morgan fingerprint density at radius 2 is 1.88 bits per heavy atom. The maximum atomic E-state index is 14.8. The molecule has 1 saturated carbocycles. The number of hydrogen-bond acceptors (Lipinski definition) is 3. The zero-order chi connectivity index (χ0) is 22.4. The Balaban J connectivity index is 1.51. The summed E-state index contributed by atoms with van der Waals surface area (Å²) in [7, 11) is 1.65. The Bertz CT molecular complexity index is 1220. The number of benzene rings is 2. The molecule has 2 aliphatic rings. The number of nitrogens with zero attached hydrogens (tertiary/aromatic N) is 2. The van der Waals surface area contributed by atoms with E-state index >= 15 is 0 Å². The summed E-state index contributed by atoms with van der Waals surface area (Å²) in [6.45, 7) is 0. The van der Waals surface area contributed by atoms with E-state index in [9.17, 15) is 13.6 Å². The number of aromatic nitrogens is 2. The van der Waals surface area contributed by atoms with Crippen molar-refractivity contribution in [2.45, 2.75) is 50.3 Å². The molecule has 2 atom stereocenters. The highest BCUT2D eigenvalue weighted by atomic mass is 35.5. The monoisotopic (exact) mass is 459 g/mol. The van der Waals surface area contributed by atoms with Crippen molar-refractivity contribution < 1.29 is 13.5 Å². The summed E-state index contributed by atoms with van der Waals surface area (Å²) in [4.78, 5) is 12.3. The number of halogens is 3. The van der Waals surface area contributed by atoms with E-state index in [0.29, 0.717) is 29.3 Å². The van der Waals surface area contributed by atoms with Crippen LogP contribution in [-0.4, -0.2) is 21.2 Å². The molecule has 3 aromatic rings. The van der Waals surface area contributed by atoms with Crippen molar-refractivity contribution in [3.05, 3.63) is 81.0 Å². The first kappa shape index (κ1) is 21.2. The maximum Gasteiger partial charge on any atom is 0.332 e. The first-order chi connectivity index (χ1) is 15.4. The van der Waals surface area contributed by atoms with Crippen LogP contribution in [0.25, 0.3) is 5.69 Å². The molecule has 0 bridgehead atoms. The Labute approximate surface area is 189 Å². The lowest BCUT2D eigenvalue weighted by atomic mass is 10.1. The van der Waals surface area contributed by atoms with Crippen LogP contribution in [0, 0.1) is 11.6 Å². The van der Waals surface area contributed by atoms with Crippen LogP contribution in [0.2, 0.25) is 5.02 Å². The maximum absolute atomic E-state index is 14.8. The van der Waals surface area contributed by atoms with Crippen LogP contribution in [0.3, 0.4) is 0 Å². The van der Waals surface area contributed by atoms with E-state index in [0.717, 1.165) is 25.7 Å². The fourth-order valence-electron chi connectivity index (χ4n) is 4.85. The average molecular weight is 460 g/mol. The van der Waals surface area contributed by atoms with Crippen LogP contribution in [0.1, 0.15) is 42.9 Å². The summed E-state index contributed by atoms with van der Waals surface area (Å²) in [5, 5.41) is 3.88. The SMILES string of the molecule is Cn1ccn(-c2ccc(F)c(O[C@H]3c4cc(Cl)cc(F)c4C[C@H]3NC3CCCC3)c2)c1=O. The van der Waals surface area contributed by atoms with E-state index in [1.54, 1.807) is 25.5 Å². The first-order valence-electron chi connectivity index (χ1n) is 10.8. The van der Waals surface area contributed by atoms with Gasteiger partial charge < -0.3 is 14.6 Å². The van der Waals surface area contributed by atoms with Gasteiger partial charge in [0.1, 0.15) is 11.9 Å². The van der Waals surface area contributed by atoms with Crippen LogP contribution >= 0.6 is 11.6 Å². The molecular formula is C24H24ClF2N3O2. The third-order valence-corrected chi connectivity index (χ3v) is 6.71. The van der Waals surface area contributed by atoms with Crippen LogP contribution in [0.5, 0.6) is 5.75 Å². The third-order valence-electron chi connectivity index (χ3n) is 6.49. The number of ether oxygens (including phenoxy) is 1. The second-order valence-corrected chi connectivity index (χ2v) is 9.07. The van der Waals surface area contributed by atoms with E-state index < -0.39 is 11.9 Å². The van der Waals surface area contributed by atoms with Crippen molar-refractivity contribution in [2.75, 3.05) is 0 Å². The van der Waals surface area contributed by atoms with E-state index in [1.807, 2.05) is 0 Å². The molecule has 5 rings (SSSR count). The third kappa shape index (κ3) is 3.84. The number of nitrogens with one attached hydrogen (secondary N) is 1. The molecule has 0 spiro atoms. The minimum atomic E-state index is -0.601. The fraction of sp³-hybridized carbons (Fsp3) is 0.375. The van der Waals surface area contributed by atoms with Gasteiger partial charge in [-0.1, -0.05) is 24.4 Å². The minimum Gasteiger partial charge on any atom is -0.481 e. The second-order valence-electron chi connectivity index (χ2n) is 8.63. The summed E-state index contributed by atoms with van der Waals surface area (Å²) in [5.41, 5.74) is 1.42. The van der Waals surface area contributed by atoms with Crippen molar-refractivity contribution >= 4 is 11.6 Å². The van der Waals surface area contributed by atoms with Gasteiger partial charge in [0.05, 0.1) is 11.7 Å². The molecule has 1 aromatic heterocycles. The van der Waals surface area contributed by atoms with Gasteiger partial charge in [-0.15, -0.1) is 0 Å². The van der Waals surface area contributed by atoms with E-state index in [-0.39, 0.29) is 28.3 Å². The minimum absolute atomic E-state index is 0.00899. The molecule has 1 heterocycles. The second kappa shape index (κ2) is 8.37. The smallest absolute Gasteiger partial charge is 0.332 e. The predicted molar refractivity (Wildman–Crippen MR) is 119 cm³/mol. The summed E-state index contributed by atoms with van der Waals surface area (Å²) >= 11 is 6.14. The van der Waals surface area contributed by atoms with Gasteiger partial charge in [-0.2, -0.15) is 0 Å². The first-order valence-corrected chi connectivity index (χ1v) is 11.2. The quantitative estimate of drug-likeness (QED) is 0.602. The number of imidazole rings is 1. The standard InChI is InChI=1S/C24H24ClF2N3O2/c1-29-8-9-30(24(29)31)16-6-7-19(26)22(12-16)32-23-18-10-14(25)11-20(27)17(18)13-21(23)28-15-4-2-3-5-15/h6-12,15,21,23,28H,2-5,13H2,1H3/t21-,23+/m1/s1. The van der Waals surface area contributed by atoms with Crippen LogP contribution in [-0.2, 0) is 13.5 Å². The Kier molecular flexibility index (Phi) is 5.55. The molecule has 2 aliphatic carbocycles. The van der Waals surface area contributed by atoms with Gasteiger partial charge in [-0.05, 0) is 49.1 Å². The summed E-state index contributed by atoms with van der Waals surface area (Å²) in [6.07, 6.45) is 7.52. The van der Waals surface area contributed by atoms with Gasteiger partial charge >= 0.3 is 5.69 Å². The lowest BCUT2D eigenvalue weighted by Gasteiger charge is -2.26. The predicted octanol–water partition coefficient (Wildman–Crippen LogP) is 4.68. The summed E-state index contributed by atoms with van der Waals surface area (Å²) in [6, 6.07) is 7.43. The van der Waals surface area contributed by atoms with Gasteiger partial charge in [0, 0.05) is 42.1 Å². The number of fused-ring (bicyclic) bond motifs is 1. The fourth-order valence-corrected chi connectivity index (χ4v) is 5.07. The van der Waals surface area contributed by atoms with Crippen molar-refractivity contribution in [1.29, 1.82) is 0 Å². The lowest BCUT2D eigenvalue weighted by molar-refractivity contribution is 0.153. The molecule has 0 aliphatic heterocycles. The van der Waals surface area contributed by atoms with Crippen molar-refractivity contribution in [3.8, 4) is 11.4 Å². The summed E-state index contributed by atoms with van der Waals surface area (Å²) in [5.74, 6) is -0.912. The molecule has 32 heavy (non-hydrogen) atoms. The molecule has 0 unspecified atom stereocenters. The number of aryl methyl sites for hydroxylation is 1. The lowest BCUT2D eigenvalue weighted by Crippen LogP contribution is -2.41. The van der Waals surface area contributed by atoms with Crippen molar-refractivity contribution in [1.82, 2.24) is 14.5 Å². The Morgan fingerprint density at radius 3 is 2.59 bits per heavy atom. The molecule has 0 amide bonds. The molecule has 1 fully saturated rings. The molecule has 2 aromatic carbocycles. The molecule has 168 valence electrons. The highest BCUT2D eigenvalue weighted by molar-refractivity contribution is 6.30. The van der Waals surface area contributed by atoms with E-state index in [4.69, 9.17) is 16.3 Å². The van der Waals surface area contributed by atoms with Gasteiger partial charge in [0.25, 0.3) is 0 Å². The number of hydrogen-bond donors (Lipinski definition) is 1. The Morgan fingerprint density at radius 1 is 1.09 bits per heavy atom. The summed E-state index contributed by atoms with van der Waals surface area (Å²) < 4.78 is 38.5. The van der Waals surface area contributed by atoms with Crippen LogP contribution in [0.15, 0.2) is 47.5 Å². The molecule has 8 heteroatoms. The van der Waals surface area contributed by atoms with Gasteiger partial charge in [0.2, 0.25) is 0 Å². The van der Waals surface area contributed by atoms with Crippen LogP contribution < -0.4 is 15.7 Å². The molecule has 0 saturated heterocycles. The largest absolute Gasteiger partial charge is 0.481 e. The Hall–Kier alpha value is -2.64.